The predicted molar refractivity (Wildman–Crippen MR) is 69.2 cm³/mol. The topological polar surface area (TPSA) is 114 Å². The zero-order valence-corrected chi connectivity index (χ0v) is 11.3. The Bertz CT molecular complexity index is 406. The highest BCUT2D eigenvalue weighted by Gasteiger charge is 2.51. The van der Waals surface area contributed by atoms with E-state index in [4.69, 9.17) is 10.6 Å². The number of imide groups is 1. The zero-order chi connectivity index (χ0) is 14.6. The van der Waals surface area contributed by atoms with E-state index in [0.717, 1.165) is 0 Å². The first kappa shape index (κ1) is 14.7. The fourth-order valence-corrected chi connectivity index (χ4v) is 2.57. The average molecular weight is 284 g/mol. The third-order valence-corrected chi connectivity index (χ3v) is 3.79. The number of ether oxygens (including phenoxy) is 1. The summed E-state index contributed by atoms with van der Waals surface area (Å²) in [6, 6.07) is -0.347. The predicted octanol–water partition coefficient (Wildman–Crippen LogP) is -0.752. The van der Waals surface area contributed by atoms with E-state index >= 15 is 0 Å². The summed E-state index contributed by atoms with van der Waals surface area (Å²) < 4.78 is 5.23. The van der Waals surface area contributed by atoms with Crippen LogP contribution < -0.4 is 16.6 Å². The van der Waals surface area contributed by atoms with Crippen molar-refractivity contribution in [3.8, 4) is 0 Å². The molecule has 0 aromatic carbocycles. The number of rotatable bonds is 5. The molecule has 0 atom stereocenters. The third-order valence-electron chi connectivity index (χ3n) is 3.79. The van der Waals surface area contributed by atoms with Crippen molar-refractivity contribution < 1.29 is 19.1 Å². The van der Waals surface area contributed by atoms with Crippen molar-refractivity contribution in [3.05, 3.63) is 0 Å². The Kier molecular flexibility index (Phi) is 4.56. The van der Waals surface area contributed by atoms with E-state index in [2.05, 4.69) is 5.32 Å². The maximum absolute atomic E-state index is 12.4. The minimum atomic E-state index is -0.774. The van der Waals surface area contributed by atoms with E-state index < -0.39 is 5.54 Å². The molecule has 2 aliphatic heterocycles. The van der Waals surface area contributed by atoms with Crippen LogP contribution in [0.15, 0.2) is 0 Å². The number of unbranched alkanes of at least 4 members (excludes halogenated alkanes) is 1. The van der Waals surface area contributed by atoms with E-state index in [9.17, 15) is 14.4 Å². The second-order valence-corrected chi connectivity index (χ2v) is 5.11. The van der Waals surface area contributed by atoms with Crippen LogP contribution in [0.3, 0.4) is 0 Å². The van der Waals surface area contributed by atoms with Gasteiger partial charge < -0.3 is 10.1 Å². The Balaban J connectivity index is 1.84. The molecule has 0 radical (unpaired) electrons. The zero-order valence-electron chi connectivity index (χ0n) is 11.3. The van der Waals surface area contributed by atoms with Gasteiger partial charge in [-0.15, -0.1) is 0 Å². The van der Waals surface area contributed by atoms with Gasteiger partial charge in [-0.05, 0) is 12.8 Å². The number of hydrogen-bond donors (Lipinski definition) is 3. The van der Waals surface area contributed by atoms with Gasteiger partial charge in [-0.1, -0.05) is 0 Å². The largest absolute Gasteiger partial charge is 0.381 e. The monoisotopic (exact) mass is 284 g/mol. The highest BCUT2D eigenvalue weighted by Crippen LogP contribution is 2.28. The van der Waals surface area contributed by atoms with Gasteiger partial charge in [-0.25, -0.2) is 10.6 Å². The molecule has 20 heavy (non-hydrogen) atoms. The molecule has 8 heteroatoms. The average Bonchev–Trinajstić information content (AvgIpc) is 2.67. The SMILES string of the molecule is NNC(=O)CCCCN1C(=O)NC2(CCOCC2)C1=O. The molecular formula is C12H20N4O4. The molecule has 8 nitrogen and oxygen atoms in total. The molecule has 2 aliphatic rings. The molecule has 2 fully saturated rings. The second kappa shape index (κ2) is 6.19. The van der Waals surface area contributed by atoms with Gasteiger partial charge in [0.25, 0.3) is 5.91 Å². The van der Waals surface area contributed by atoms with Gasteiger partial charge in [0.15, 0.2) is 0 Å². The molecule has 112 valence electrons. The Morgan fingerprint density at radius 2 is 2.05 bits per heavy atom. The standard InChI is InChI=1S/C12H20N4O4/c13-15-9(17)3-1-2-6-16-10(18)12(14-11(16)19)4-7-20-8-5-12/h1-8,13H2,(H,14,19)(H,15,17). The number of carbonyl (C=O) groups excluding carboxylic acids is 3. The Morgan fingerprint density at radius 1 is 1.35 bits per heavy atom. The number of nitrogens with one attached hydrogen (secondary N) is 2. The minimum Gasteiger partial charge on any atom is -0.381 e. The Labute approximate surface area is 117 Å². The van der Waals surface area contributed by atoms with Crippen molar-refractivity contribution in [2.45, 2.75) is 37.6 Å². The van der Waals surface area contributed by atoms with Gasteiger partial charge in [0.1, 0.15) is 5.54 Å². The number of urea groups is 1. The fourth-order valence-electron chi connectivity index (χ4n) is 2.57. The quantitative estimate of drug-likeness (QED) is 0.202. The van der Waals surface area contributed by atoms with E-state index in [0.29, 0.717) is 51.9 Å². The fraction of sp³-hybridized carbons (Fsp3) is 0.750. The summed E-state index contributed by atoms with van der Waals surface area (Å²) >= 11 is 0. The first-order chi connectivity index (χ1) is 9.59. The normalized spacial score (nSPS) is 21.1. The molecule has 0 aliphatic carbocycles. The smallest absolute Gasteiger partial charge is 0.325 e. The Hall–Kier alpha value is -1.67. The van der Waals surface area contributed by atoms with Gasteiger partial charge >= 0.3 is 6.03 Å². The van der Waals surface area contributed by atoms with Crippen LogP contribution in [-0.4, -0.2) is 48.0 Å². The van der Waals surface area contributed by atoms with Crippen LogP contribution in [0.1, 0.15) is 32.1 Å². The number of nitrogens with zero attached hydrogens (tertiary/aromatic N) is 1. The molecule has 4 amide bonds. The molecule has 2 rings (SSSR count). The molecule has 0 bridgehead atoms. The molecule has 0 unspecified atom stereocenters. The summed E-state index contributed by atoms with van der Waals surface area (Å²) in [4.78, 5) is 36.5. The van der Waals surface area contributed by atoms with E-state index in [1.165, 1.54) is 4.90 Å². The first-order valence-electron chi connectivity index (χ1n) is 6.80. The van der Waals surface area contributed by atoms with E-state index in [-0.39, 0.29) is 17.8 Å². The Morgan fingerprint density at radius 3 is 2.70 bits per heavy atom. The molecule has 4 N–H and O–H groups in total. The van der Waals surface area contributed by atoms with Crippen molar-refractivity contribution in [2.24, 2.45) is 5.84 Å². The van der Waals surface area contributed by atoms with Crippen LogP contribution in [0.2, 0.25) is 0 Å². The highest BCUT2D eigenvalue weighted by atomic mass is 16.5. The first-order valence-corrected chi connectivity index (χ1v) is 6.80. The molecule has 1 spiro atoms. The third kappa shape index (κ3) is 2.91. The summed E-state index contributed by atoms with van der Waals surface area (Å²) in [6.45, 7) is 1.29. The van der Waals surface area contributed by atoms with Crippen LogP contribution in [0.25, 0.3) is 0 Å². The lowest BCUT2D eigenvalue weighted by atomic mass is 9.90. The molecular weight excluding hydrogens is 264 g/mol. The molecule has 2 heterocycles. The van der Waals surface area contributed by atoms with Gasteiger partial charge in [0, 0.05) is 39.0 Å². The lowest BCUT2D eigenvalue weighted by Gasteiger charge is -2.30. The van der Waals surface area contributed by atoms with Gasteiger partial charge in [-0.3, -0.25) is 19.9 Å². The number of carbonyl (C=O) groups is 3. The maximum atomic E-state index is 12.4. The molecule has 0 aromatic heterocycles. The number of amides is 4. The lowest BCUT2D eigenvalue weighted by Crippen LogP contribution is -2.51. The molecule has 0 saturated carbocycles. The highest BCUT2D eigenvalue weighted by molar-refractivity contribution is 6.07. The van der Waals surface area contributed by atoms with Crippen LogP contribution in [0, 0.1) is 0 Å². The maximum Gasteiger partial charge on any atom is 0.325 e. The summed E-state index contributed by atoms with van der Waals surface area (Å²) in [7, 11) is 0. The summed E-state index contributed by atoms with van der Waals surface area (Å²) in [6.07, 6.45) is 2.49. The summed E-state index contributed by atoms with van der Waals surface area (Å²) in [5.41, 5.74) is 1.27. The van der Waals surface area contributed by atoms with Gasteiger partial charge in [0.05, 0.1) is 0 Å². The van der Waals surface area contributed by atoms with Crippen molar-refractivity contribution in [3.63, 3.8) is 0 Å². The summed E-state index contributed by atoms with van der Waals surface area (Å²) in [5, 5.41) is 2.79. The van der Waals surface area contributed by atoms with Gasteiger partial charge in [0.2, 0.25) is 5.91 Å². The van der Waals surface area contributed by atoms with E-state index in [1.807, 2.05) is 5.43 Å². The molecule has 2 saturated heterocycles. The van der Waals surface area contributed by atoms with Gasteiger partial charge in [-0.2, -0.15) is 0 Å². The van der Waals surface area contributed by atoms with Crippen molar-refractivity contribution in [1.82, 2.24) is 15.6 Å². The molecule has 0 aromatic rings. The summed E-state index contributed by atoms with van der Waals surface area (Å²) in [5.74, 6) is 4.55. The second-order valence-electron chi connectivity index (χ2n) is 5.11. The number of nitrogens with two attached hydrogens (primary N) is 1. The van der Waals surface area contributed by atoms with Crippen molar-refractivity contribution in [1.29, 1.82) is 0 Å². The van der Waals surface area contributed by atoms with Crippen molar-refractivity contribution >= 4 is 17.8 Å². The van der Waals surface area contributed by atoms with Crippen molar-refractivity contribution in [2.75, 3.05) is 19.8 Å². The van der Waals surface area contributed by atoms with Crippen LogP contribution in [0.5, 0.6) is 0 Å². The minimum absolute atomic E-state index is 0.172. The number of hydrazine groups is 1. The number of hydrogen-bond acceptors (Lipinski definition) is 5. The lowest BCUT2D eigenvalue weighted by molar-refractivity contribution is -0.134. The van der Waals surface area contributed by atoms with Crippen LogP contribution in [0.4, 0.5) is 4.79 Å². The van der Waals surface area contributed by atoms with Crippen LogP contribution >= 0.6 is 0 Å². The van der Waals surface area contributed by atoms with Crippen LogP contribution in [-0.2, 0) is 14.3 Å². The van der Waals surface area contributed by atoms with E-state index in [1.54, 1.807) is 0 Å².